The van der Waals surface area contributed by atoms with Crippen LogP contribution in [0.15, 0.2) is 47.7 Å². The predicted molar refractivity (Wildman–Crippen MR) is 103 cm³/mol. The molecule has 1 aliphatic rings. The summed E-state index contributed by atoms with van der Waals surface area (Å²) < 4.78 is 0. The Labute approximate surface area is 142 Å². The Morgan fingerprint density at radius 1 is 1.45 bits per heavy atom. The monoisotopic (exact) mass is 317 g/mol. The molecule has 0 aliphatic carbocycles. The van der Waals surface area contributed by atoms with E-state index in [1.54, 1.807) is 5.57 Å². The van der Waals surface area contributed by atoms with Crippen LogP contribution in [0, 0.1) is 11.8 Å². The van der Waals surface area contributed by atoms with Crippen molar-refractivity contribution in [2.75, 3.05) is 7.05 Å². The van der Waals surface area contributed by atoms with Crippen molar-refractivity contribution in [3.05, 3.63) is 47.7 Å². The fourth-order valence-corrected chi connectivity index (χ4v) is 3.15. The fourth-order valence-electron chi connectivity index (χ4n) is 2.85. The molecule has 1 aliphatic heterocycles. The lowest BCUT2D eigenvalue weighted by atomic mass is 9.89. The van der Waals surface area contributed by atoms with E-state index >= 15 is 0 Å². The highest BCUT2D eigenvalue weighted by atomic mass is 32.1. The maximum absolute atomic E-state index is 5.46. The second-order valence-electron chi connectivity index (χ2n) is 6.46. The van der Waals surface area contributed by atoms with E-state index in [4.69, 9.17) is 12.2 Å². The molecule has 1 unspecified atom stereocenters. The summed E-state index contributed by atoms with van der Waals surface area (Å²) in [6, 6.07) is 0. The van der Waals surface area contributed by atoms with E-state index in [1.165, 1.54) is 18.4 Å². The van der Waals surface area contributed by atoms with Crippen LogP contribution in [0.3, 0.4) is 0 Å². The number of hydrogen-bond donors (Lipinski definition) is 0. The lowest BCUT2D eigenvalue weighted by Gasteiger charge is -2.28. The van der Waals surface area contributed by atoms with Crippen molar-refractivity contribution in [1.29, 1.82) is 0 Å². The summed E-state index contributed by atoms with van der Waals surface area (Å²) in [5.74, 6) is 1.08. The lowest BCUT2D eigenvalue weighted by molar-refractivity contribution is 0.621. The summed E-state index contributed by atoms with van der Waals surface area (Å²) in [6.07, 6.45) is 13.5. The molecule has 0 spiro atoms. The van der Waals surface area contributed by atoms with Crippen LogP contribution in [0.5, 0.6) is 0 Å². The van der Waals surface area contributed by atoms with Crippen molar-refractivity contribution < 1.29 is 0 Å². The molecule has 1 heterocycles. The van der Waals surface area contributed by atoms with Gasteiger partial charge in [-0.15, -0.1) is 0 Å². The predicted octanol–water partition coefficient (Wildman–Crippen LogP) is 6.05. The molecule has 0 radical (unpaired) electrons. The van der Waals surface area contributed by atoms with Gasteiger partial charge in [-0.05, 0) is 37.7 Å². The molecule has 2 heteroatoms. The first-order valence-electron chi connectivity index (χ1n) is 8.37. The molecule has 0 aromatic carbocycles. The van der Waals surface area contributed by atoms with E-state index in [0.29, 0.717) is 11.8 Å². The summed E-state index contributed by atoms with van der Waals surface area (Å²) in [7, 11) is 2.00. The van der Waals surface area contributed by atoms with Crippen molar-refractivity contribution in [3.8, 4) is 0 Å². The van der Waals surface area contributed by atoms with Gasteiger partial charge in [0.05, 0.1) is 4.99 Å². The van der Waals surface area contributed by atoms with Gasteiger partial charge in [-0.25, -0.2) is 0 Å². The number of thiocarbonyl (C=S) groups is 1. The van der Waals surface area contributed by atoms with Crippen LogP contribution >= 0.6 is 12.2 Å². The third-order valence-electron chi connectivity index (χ3n) is 4.20. The zero-order chi connectivity index (χ0) is 16.7. The molecule has 122 valence electrons. The van der Waals surface area contributed by atoms with Crippen molar-refractivity contribution >= 4 is 17.2 Å². The molecular formula is C20H31NS. The Bertz CT molecular complexity index is 494. The van der Waals surface area contributed by atoms with E-state index in [9.17, 15) is 0 Å². The molecule has 22 heavy (non-hydrogen) atoms. The van der Waals surface area contributed by atoms with Gasteiger partial charge in [0.15, 0.2) is 0 Å². The van der Waals surface area contributed by atoms with Crippen LogP contribution in [0.4, 0.5) is 0 Å². The number of allylic oxidation sites excluding steroid dienone is 5. The van der Waals surface area contributed by atoms with Gasteiger partial charge in [0.1, 0.15) is 0 Å². The van der Waals surface area contributed by atoms with Gasteiger partial charge >= 0.3 is 0 Å². The molecule has 0 aromatic rings. The molecule has 1 rings (SSSR count). The molecule has 0 bridgehead atoms. The largest absolute Gasteiger partial charge is 0.339 e. The normalized spacial score (nSPS) is 18.4. The molecule has 0 saturated carbocycles. The van der Waals surface area contributed by atoms with Crippen molar-refractivity contribution in [2.45, 2.75) is 53.4 Å². The summed E-state index contributed by atoms with van der Waals surface area (Å²) in [5, 5.41) is 0. The molecular weight excluding hydrogens is 286 g/mol. The lowest BCUT2D eigenvalue weighted by Crippen LogP contribution is -2.27. The molecule has 0 aromatic heterocycles. The zero-order valence-corrected chi connectivity index (χ0v) is 15.7. The topological polar surface area (TPSA) is 3.24 Å². The summed E-state index contributed by atoms with van der Waals surface area (Å²) in [6.45, 7) is 13.0. The van der Waals surface area contributed by atoms with Gasteiger partial charge in [-0.3, -0.25) is 0 Å². The molecule has 0 N–H and O–H groups in total. The van der Waals surface area contributed by atoms with Gasteiger partial charge in [-0.2, -0.15) is 0 Å². The van der Waals surface area contributed by atoms with Crippen LogP contribution in [0.25, 0.3) is 0 Å². The van der Waals surface area contributed by atoms with Crippen LogP contribution < -0.4 is 0 Å². The number of hydrogen-bond acceptors (Lipinski definition) is 1. The van der Waals surface area contributed by atoms with Gasteiger partial charge in [0.2, 0.25) is 0 Å². The number of likely N-dealkylation sites (N-methyl/N-ethyl adjacent to an activating group) is 1. The second kappa shape index (κ2) is 9.09. The molecule has 0 fully saturated rings. The SMILES string of the molecule is C=C1C=C(CC(/C=C\C)/C=C(/CCC)C(C)C)CC(=S)N1C. The summed E-state index contributed by atoms with van der Waals surface area (Å²) in [5.41, 5.74) is 3.97. The van der Waals surface area contributed by atoms with Gasteiger partial charge in [-0.1, -0.05) is 75.4 Å². The van der Waals surface area contributed by atoms with E-state index in [0.717, 1.165) is 23.5 Å². The highest BCUT2D eigenvalue weighted by Gasteiger charge is 2.18. The van der Waals surface area contributed by atoms with Crippen LogP contribution in [0.1, 0.15) is 53.4 Å². The Balaban J connectivity index is 2.93. The van der Waals surface area contributed by atoms with Gasteiger partial charge in [0, 0.05) is 19.2 Å². The minimum Gasteiger partial charge on any atom is -0.339 e. The first-order valence-corrected chi connectivity index (χ1v) is 8.78. The maximum atomic E-state index is 5.46. The molecule has 0 amide bonds. The van der Waals surface area contributed by atoms with Crippen molar-refractivity contribution in [2.24, 2.45) is 11.8 Å². The smallest absolute Gasteiger partial charge is 0.0861 e. The maximum Gasteiger partial charge on any atom is 0.0861 e. The van der Waals surface area contributed by atoms with Crippen LogP contribution in [0.2, 0.25) is 0 Å². The summed E-state index contributed by atoms with van der Waals surface area (Å²) in [4.78, 5) is 2.99. The zero-order valence-electron chi connectivity index (χ0n) is 14.9. The quantitative estimate of drug-likeness (QED) is 0.415. The van der Waals surface area contributed by atoms with Crippen LogP contribution in [-0.2, 0) is 0 Å². The highest BCUT2D eigenvalue weighted by molar-refractivity contribution is 7.80. The third-order valence-corrected chi connectivity index (χ3v) is 4.62. The van der Waals surface area contributed by atoms with E-state index in [-0.39, 0.29) is 0 Å². The fraction of sp³-hybridized carbons (Fsp3) is 0.550. The average molecular weight is 318 g/mol. The van der Waals surface area contributed by atoms with Gasteiger partial charge in [0.25, 0.3) is 0 Å². The van der Waals surface area contributed by atoms with Gasteiger partial charge < -0.3 is 4.90 Å². The minimum absolute atomic E-state index is 0.458. The van der Waals surface area contributed by atoms with E-state index in [1.807, 2.05) is 11.9 Å². The van der Waals surface area contributed by atoms with E-state index < -0.39 is 0 Å². The molecule has 1 atom stereocenters. The average Bonchev–Trinajstić information content (AvgIpc) is 2.44. The highest BCUT2D eigenvalue weighted by Crippen LogP contribution is 2.28. The Hall–Kier alpha value is -1.15. The first-order chi connectivity index (χ1) is 10.4. The molecule has 1 nitrogen and oxygen atoms in total. The standard InChI is InChI=1S/C20H31NS/c1-7-9-17(13-19(10-8-2)15(3)4)12-18-11-16(5)21(6)20(22)14-18/h7,9,11,13,15,17H,5,8,10,12,14H2,1-4,6H3/b9-7-,19-13-. The number of rotatable bonds is 7. The Kier molecular flexibility index (Phi) is 7.81. The van der Waals surface area contributed by atoms with Crippen LogP contribution in [-0.4, -0.2) is 16.9 Å². The Morgan fingerprint density at radius 2 is 2.14 bits per heavy atom. The first kappa shape index (κ1) is 18.9. The summed E-state index contributed by atoms with van der Waals surface area (Å²) >= 11 is 5.46. The minimum atomic E-state index is 0.458. The molecule has 0 saturated heterocycles. The Morgan fingerprint density at radius 3 is 2.64 bits per heavy atom. The second-order valence-corrected chi connectivity index (χ2v) is 6.93. The van der Waals surface area contributed by atoms with E-state index in [2.05, 4.69) is 58.6 Å². The number of nitrogens with zero attached hydrogens (tertiary/aromatic N) is 1. The van der Waals surface area contributed by atoms with Crippen molar-refractivity contribution in [1.82, 2.24) is 4.90 Å². The third kappa shape index (κ3) is 5.57. The van der Waals surface area contributed by atoms with Crippen molar-refractivity contribution in [3.63, 3.8) is 0 Å².